The first-order valence-corrected chi connectivity index (χ1v) is 8.07. The summed E-state index contributed by atoms with van der Waals surface area (Å²) < 4.78 is 7.20. The highest BCUT2D eigenvalue weighted by Crippen LogP contribution is 2.67. The van der Waals surface area contributed by atoms with Gasteiger partial charge in [0.05, 0.1) is 24.1 Å². The molecule has 1 aromatic heterocycles. The zero-order chi connectivity index (χ0) is 14.6. The standard InChI is InChI=1S/C18H16N2O2/c1-22-8-2-5-13-14(6-8)20-17(19-13)15-9-3-4-10(12-7-11(9)12)16(15)18(20)21/h2-6,9-12,15-16H,7H2,1H3/t9-,10?,11?,12-,15?,16?/m1/s1. The third kappa shape index (κ3) is 1.11. The van der Waals surface area contributed by atoms with Crippen LogP contribution >= 0.6 is 0 Å². The topological polar surface area (TPSA) is 44.1 Å². The highest BCUT2D eigenvalue weighted by atomic mass is 16.5. The van der Waals surface area contributed by atoms with Crippen LogP contribution in [0.25, 0.3) is 11.0 Å². The number of hydrogen-bond donors (Lipinski definition) is 0. The molecule has 0 saturated heterocycles. The van der Waals surface area contributed by atoms with Crippen molar-refractivity contribution in [2.24, 2.45) is 29.6 Å². The third-order valence-electron chi connectivity index (χ3n) is 6.34. The minimum absolute atomic E-state index is 0.122. The molecular weight excluding hydrogens is 276 g/mol. The number of carbonyl (C=O) groups excluding carboxylic acids is 1. The van der Waals surface area contributed by atoms with Gasteiger partial charge >= 0.3 is 0 Å². The maximum Gasteiger partial charge on any atom is 0.237 e. The largest absolute Gasteiger partial charge is 0.497 e. The highest BCUT2D eigenvalue weighted by molar-refractivity contribution is 5.96. The van der Waals surface area contributed by atoms with Gasteiger partial charge in [0.2, 0.25) is 5.91 Å². The predicted molar refractivity (Wildman–Crippen MR) is 80.9 cm³/mol. The second kappa shape index (κ2) is 3.45. The Morgan fingerprint density at radius 3 is 2.73 bits per heavy atom. The average molecular weight is 292 g/mol. The summed E-state index contributed by atoms with van der Waals surface area (Å²) in [7, 11) is 1.65. The van der Waals surface area contributed by atoms with Crippen LogP contribution in [0.3, 0.4) is 0 Å². The molecule has 1 aromatic carbocycles. The Hall–Kier alpha value is -2.10. The highest BCUT2D eigenvalue weighted by Gasteiger charge is 2.64. The van der Waals surface area contributed by atoms with Crippen LogP contribution in [0.1, 0.15) is 23.0 Å². The Bertz CT molecular complexity index is 881. The number of fused-ring (bicyclic) bond motifs is 3. The van der Waals surface area contributed by atoms with Gasteiger partial charge in [-0.1, -0.05) is 12.2 Å². The minimum atomic E-state index is 0.122. The van der Waals surface area contributed by atoms with Crippen LogP contribution in [0.5, 0.6) is 5.75 Å². The lowest BCUT2D eigenvalue weighted by Gasteiger charge is -2.39. The van der Waals surface area contributed by atoms with E-state index in [1.54, 1.807) is 7.11 Å². The summed E-state index contributed by atoms with van der Waals surface area (Å²) in [6.07, 6.45) is 5.98. The molecule has 4 heteroatoms. The average Bonchev–Trinajstić information content (AvgIpc) is 3.22. The van der Waals surface area contributed by atoms with Crippen LogP contribution in [0.2, 0.25) is 0 Å². The Morgan fingerprint density at radius 2 is 1.95 bits per heavy atom. The van der Waals surface area contributed by atoms with Gasteiger partial charge in [0.25, 0.3) is 0 Å². The molecule has 2 saturated carbocycles. The van der Waals surface area contributed by atoms with E-state index in [4.69, 9.17) is 9.72 Å². The third-order valence-corrected chi connectivity index (χ3v) is 6.34. The number of imidazole rings is 1. The van der Waals surface area contributed by atoms with Crippen LogP contribution < -0.4 is 4.74 Å². The van der Waals surface area contributed by atoms with Crippen LogP contribution in [-0.4, -0.2) is 22.6 Å². The molecule has 4 nitrogen and oxygen atoms in total. The number of rotatable bonds is 1. The first-order valence-electron chi connectivity index (χ1n) is 8.07. The lowest BCUT2D eigenvalue weighted by atomic mass is 9.63. The fourth-order valence-electron chi connectivity index (χ4n) is 5.37. The molecule has 0 radical (unpaired) electrons. The van der Waals surface area contributed by atoms with Crippen molar-refractivity contribution in [1.29, 1.82) is 0 Å². The van der Waals surface area contributed by atoms with Gasteiger partial charge in [-0.25, -0.2) is 4.98 Å². The van der Waals surface area contributed by atoms with Crippen molar-refractivity contribution in [3.05, 3.63) is 36.2 Å². The van der Waals surface area contributed by atoms with Gasteiger partial charge in [0.1, 0.15) is 11.6 Å². The van der Waals surface area contributed by atoms with Crippen molar-refractivity contribution in [2.45, 2.75) is 12.3 Å². The van der Waals surface area contributed by atoms with Crippen LogP contribution in [-0.2, 0) is 0 Å². The Morgan fingerprint density at radius 1 is 1.18 bits per heavy atom. The zero-order valence-electron chi connectivity index (χ0n) is 12.3. The fourth-order valence-corrected chi connectivity index (χ4v) is 5.37. The first-order chi connectivity index (χ1) is 10.8. The Labute approximate surface area is 127 Å². The molecular formula is C18H16N2O2. The molecule has 2 fully saturated rings. The minimum Gasteiger partial charge on any atom is -0.497 e. The molecule has 0 spiro atoms. The van der Waals surface area contributed by atoms with Gasteiger partial charge in [-0.2, -0.15) is 0 Å². The van der Waals surface area contributed by atoms with E-state index in [2.05, 4.69) is 12.2 Å². The number of benzene rings is 1. The van der Waals surface area contributed by atoms with E-state index in [1.807, 2.05) is 22.8 Å². The summed E-state index contributed by atoms with van der Waals surface area (Å²) >= 11 is 0. The summed E-state index contributed by atoms with van der Waals surface area (Å²) in [6.45, 7) is 0. The molecule has 0 N–H and O–H groups in total. The van der Waals surface area contributed by atoms with Gasteiger partial charge in [0.15, 0.2) is 0 Å². The maximum atomic E-state index is 13.1. The van der Waals surface area contributed by atoms with Crippen LogP contribution in [0.4, 0.5) is 0 Å². The van der Waals surface area contributed by atoms with Gasteiger partial charge in [-0.05, 0) is 42.2 Å². The monoisotopic (exact) mass is 292 g/mol. The second-order valence-electron chi connectivity index (χ2n) is 7.15. The van der Waals surface area contributed by atoms with Gasteiger partial charge in [-0.15, -0.1) is 0 Å². The van der Waals surface area contributed by atoms with E-state index in [0.717, 1.165) is 34.4 Å². The molecule has 0 amide bonds. The van der Waals surface area contributed by atoms with E-state index < -0.39 is 0 Å². The number of ether oxygens (including phenoxy) is 1. The predicted octanol–water partition coefficient (Wildman–Crippen LogP) is 2.85. The first kappa shape index (κ1) is 11.5. The number of allylic oxidation sites excluding steroid dienone is 2. The summed E-state index contributed by atoms with van der Waals surface area (Å²) in [5.74, 6) is 4.95. The Kier molecular flexibility index (Phi) is 1.80. The molecule has 2 heterocycles. The molecule has 1 aliphatic heterocycles. The summed E-state index contributed by atoms with van der Waals surface area (Å²) in [6, 6.07) is 5.81. The quantitative estimate of drug-likeness (QED) is 0.759. The Balaban J connectivity index is 1.61. The number of carbonyl (C=O) groups is 1. The molecule has 22 heavy (non-hydrogen) atoms. The molecule has 2 aromatic rings. The number of nitrogens with zero attached hydrogens (tertiary/aromatic N) is 2. The lowest BCUT2D eigenvalue weighted by molar-refractivity contribution is 0.0747. The fraction of sp³-hybridized carbons (Fsp3) is 0.444. The van der Waals surface area contributed by atoms with E-state index >= 15 is 0 Å². The van der Waals surface area contributed by atoms with Crippen molar-refractivity contribution in [1.82, 2.24) is 9.55 Å². The summed E-state index contributed by atoms with van der Waals surface area (Å²) in [4.78, 5) is 17.9. The molecule has 5 aliphatic rings. The van der Waals surface area contributed by atoms with Gasteiger partial charge in [0, 0.05) is 12.0 Å². The van der Waals surface area contributed by atoms with Crippen LogP contribution in [0, 0.1) is 29.6 Å². The van der Waals surface area contributed by atoms with Crippen molar-refractivity contribution in [3.63, 3.8) is 0 Å². The van der Waals surface area contributed by atoms with E-state index in [-0.39, 0.29) is 11.8 Å². The number of methoxy groups -OCH3 is 1. The van der Waals surface area contributed by atoms with Crippen LogP contribution in [0.15, 0.2) is 30.4 Å². The van der Waals surface area contributed by atoms with Gasteiger partial charge < -0.3 is 4.74 Å². The summed E-state index contributed by atoms with van der Waals surface area (Å²) in [5.41, 5.74) is 1.81. The van der Waals surface area contributed by atoms with E-state index in [9.17, 15) is 4.79 Å². The lowest BCUT2D eigenvalue weighted by Crippen LogP contribution is -2.38. The van der Waals surface area contributed by atoms with E-state index in [0.29, 0.717) is 17.8 Å². The molecule has 4 aliphatic carbocycles. The molecule has 4 unspecified atom stereocenters. The van der Waals surface area contributed by atoms with E-state index in [1.165, 1.54) is 6.42 Å². The smallest absolute Gasteiger partial charge is 0.237 e. The molecule has 7 rings (SSSR count). The van der Waals surface area contributed by atoms with Crippen molar-refractivity contribution < 1.29 is 9.53 Å². The summed E-state index contributed by atoms with van der Waals surface area (Å²) in [5, 5.41) is 0. The van der Waals surface area contributed by atoms with Crippen molar-refractivity contribution in [3.8, 4) is 5.75 Å². The SMILES string of the molecule is COc1ccc2nc3n(c2c1)C(=O)C1C3[C@@H]2C=CC1[C@H]1CC21. The normalized spacial score (nSPS) is 39.8. The van der Waals surface area contributed by atoms with Crippen molar-refractivity contribution >= 4 is 16.9 Å². The second-order valence-corrected chi connectivity index (χ2v) is 7.15. The molecule has 2 bridgehead atoms. The van der Waals surface area contributed by atoms with Crippen molar-refractivity contribution in [2.75, 3.05) is 7.11 Å². The molecule has 6 atom stereocenters. The number of hydrogen-bond acceptors (Lipinski definition) is 3. The zero-order valence-corrected chi connectivity index (χ0v) is 12.3. The van der Waals surface area contributed by atoms with Gasteiger partial charge in [-0.3, -0.25) is 9.36 Å². The number of aromatic nitrogens is 2. The maximum absolute atomic E-state index is 13.1. The molecule has 110 valence electrons.